The lowest BCUT2D eigenvalue weighted by Crippen LogP contribution is -2.40. The predicted molar refractivity (Wildman–Crippen MR) is 106 cm³/mol. The fourth-order valence-corrected chi connectivity index (χ4v) is 4.61. The van der Waals surface area contributed by atoms with Crippen molar-refractivity contribution in [2.24, 2.45) is 0 Å². The van der Waals surface area contributed by atoms with E-state index >= 15 is 0 Å². The molecule has 0 N–H and O–H groups in total. The highest BCUT2D eigenvalue weighted by Crippen LogP contribution is 2.24. The van der Waals surface area contributed by atoms with Crippen LogP contribution in [0.5, 0.6) is 0 Å². The van der Waals surface area contributed by atoms with Gasteiger partial charge in [-0.25, -0.2) is 12.7 Å². The van der Waals surface area contributed by atoms with Gasteiger partial charge < -0.3 is 0 Å². The Labute approximate surface area is 157 Å². The number of hydrogen-bond donors (Lipinski definition) is 0. The van der Waals surface area contributed by atoms with Crippen LogP contribution in [0.1, 0.15) is 30.4 Å². The van der Waals surface area contributed by atoms with Crippen molar-refractivity contribution in [2.45, 2.75) is 43.2 Å². The Kier molecular flexibility index (Phi) is 6.12. The molecule has 1 aliphatic heterocycles. The second-order valence-electron chi connectivity index (χ2n) is 7.24. The highest BCUT2D eigenvalue weighted by atomic mass is 32.2. The maximum atomic E-state index is 12.4. The zero-order valence-electron chi connectivity index (χ0n) is 15.6. The van der Waals surface area contributed by atoms with Crippen LogP contribution in [-0.4, -0.2) is 44.3 Å². The molecule has 5 heteroatoms. The first-order valence-corrected chi connectivity index (χ1v) is 10.7. The summed E-state index contributed by atoms with van der Waals surface area (Å²) in [4.78, 5) is 2.88. The van der Waals surface area contributed by atoms with Gasteiger partial charge in [0.05, 0.1) is 4.90 Å². The lowest BCUT2D eigenvalue weighted by atomic mass is 9.95. The summed E-state index contributed by atoms with van der Waals surface area (Å²) in [6.45, 7) is 1.87. The summed E-state index contributed by atoms with van der Waals surface area (Å²) >= 11 is 0. The molecule has 1 heterocycles. The van der Waals surface area contributed by atoms with Crippen molar-refractivity contribution in [1.29, 1.82) is 0 Å². The van der Waals surface area contributed by atoms with Gasteiger partial charge in [-0.3, -0.25) is 4.90 Å². The average Bonchev–Trinajstić information content (AvgIpc) is 2.64. The summed E-state index contributed by atoms with van der Waals surface area (Å²) in [7, 11) is -0.244. The minimum Gasteiger partial charge on any atom is -0.296 e. The highest BCUT2D eigenvalue weighted by molar-refractivity contribution is 7.89. The van der Waals surface area contributed by atoms with E-state index in [0.717, 1.165) is 25.1 Å². The van der Waals surface area contributed by atoms with Crippen molar-refractivity contribution in [3.63, 3.8) is 0 Å². The molecule has 1 aliphatic rings. The molecule has 1 fully saturated rings. The van der Waals surface area contributed by atoms with Gasteiger partial charge in [0.15, 0.2) is 0 Å². The molecule has 2 aromatic rings. The molecular formula is C21H28N2O2S. The van der Waals surface area contributed by atoms with Crippen LogP contribution in [-0.2, 0) is 23.0 Å². The fraction of sp³-hybridized carbons (Fsp3) is 0.429. The number of sulfonamides is 1. The Morgan fingerprint density at radius 2 is 1.73 bits per heavy atom. The molecule has 0 amide bonds. The summed E-state index contributed by atoms with van der Waals surface area (Å²) in [5, 5.41) is 0. The molecule has 1 saturated heterocycles. The number of benzene rings is 2. The van der Waals surface area contributed by atoms with Gasteiger partial charge in [-0.1, -0.05) is 48.9 Å². The molecule has 0 spiro atoms. The zero-order valence-corrected chi connectivity index (χ0v) is 16.5. The Morgan fingerprint density at radius 1 is 1.00 bits per heavy atom. The Bertz CT molecular complexity index is 819. The number of piperidine rings is 1. The van der Waals surface area contributed by atoms with Crippen LogP contribution in [0, 0.1) is 0 Å². The third kappa shape index (κ3) is 4.53. The molecule has 0 aliphatic carbocycles. The van der Waals surface area contributed by atoms with Crippen molar-refractivity contribution in [2.75, 3.05) is 20.6 Å². The summed E-state index contributed by atoms with van der Waals surface area (Å²) in [6, 6.07) is 18.5. The summed E-state index contributed by atoms with van der Waals surface area (Å²) in [6.07, 6.45) is 4.73. The van der Waals surface area contributed by atoms with E-state index in [2.05, 4.69) is 35.2 Å². The molecule has 0 aromatic heterocycles. The molecule has 140 valence electrons. The van der Waals surface area contributed by atoms with Gasteiger partial charge in [0, 0.05) is 26.7 Å². The summed E-state index contributed by atoms with van der Waals surface area (Å²) < 4.78 is 26.1. The lowest BCUT2D eigenvalue weighted by molar-refractivity contribution is 0.139. The largest absolute Gasteiger partial charge is 0.296 e. The molecule has 0 bridgehead atoms. The monoisotopic (exact) mass is 372 g/mol. The molecule has 2 aromatic carbocycles. The first kappa shape index (κ1) is 19.1. The topological polar surface area (TPSA) is 40.6 Å². The van der Waals surface area contributed by atoms with E-state index in [1.54, 1.807) is 20.2 Å². The Morgan fingerprint density at radius 3 is 2.46 bits per heavy atom. The molecule has 26 heavy (non-hydrogen) atoms. The van der Waals surface area contributed by atoms with Crippen molar-refractivity contribution < 1.29 is 8.42 Å². The molecule has 1 unspecified atom stereocenters. The maximum absolute atomic E-state index is 12.4. The lowest BCUT2D eigenvalue weighted by Gasteiger charge is -2.36. The van der Waals surface area contributed by atoms with Crippen LogP contribution in [0.25, 0.3) is 0 Å². The third-order valence-corrected chi connectivity index (χ3v) is 6.94. The SMILES string of the molecule is CN(C)S(=O)(=O)c1cccc(CN2CCCCC2Cc2ccccc2)c1. The van der Waals surface area contributed by atoms with Gasteiger partial charge >= 0.3 is 0 Å². The van der Waals surface area contributed by atoms with E-state index in [4.69, 9.17) is 0 Å². The fourth-order valence-electron chi connectivity index (χ4n) is 3.64. The van der Waals surface area contributed by atoms with Gasteiger partial charge in [0.2, 0.25) is 10.0 Å². The zero-order chi connectivity index (χ0) is 18.6. The molecule has 0 radical (unpaired) electrons. The van der Waals surface area contributed by atoms with Crippen LogP contribution in [0.15, 0.2) is 59.5 Å². The van der Waals surface area contributed by atoms with E-state index in [-0.39, 0.29) is 0 Å². The van der Waals surface area contributed by atoms with Crippen molar-refractivity contribution >= 4 is 10.0 Å². The van der Waals surface area contributed by atoms with Gasteiger partial charge in [-0.15, -0.1) is 0 Å². The molecule has 4 nitrogen and oxygen atoms in total. The number of likely N-dealkylation sites (tertiary alicyclic amines) is 1. The molecular weight excluding hydrogens is 344 g/mol. The van der Waals surface area contributed by atoms with Gasteiger partial charge in [0.25, 0.3) is 0 Å². The minimum absolute atomic E-state index is 0.372. The summed E-state index contributed by atoms with van der Waals surface area (Å²) in [5.74, 6) is 0. The van der Waals surface area contributed by atoms with Gasteiger partial charge in [0.1, 0.15) is 0 Å². The second-order valence-corrected chi connectivity index (χ2v) is 9.40. The van der Waals surface area contributed by atoms with E-state index in [1.165, 1.54) is 29.1 Å². The van der Waals surface area contributed by atoms with Gasteiger partial charge in [-0.2, -0.15) is 0 Å². The Balaban J connectivity index is 1.76. The third-order valence-electron chi connectivity index (χ3n) is 5.13. The Hall–Kier alpha value is -1.69. The minimum atomic E-state index is -3.39. The molecule has 0 saturated carbocycles. The quantitative estimate of drug-likeness (QED) is 0.779. The van der Waals surface area contributed by atoms with Crippen LogP contribution in [0.3, 0.4) is 0 Å². The molecule has 1 atom stereocenters. The first-order valence-electron chi connectivity index (χ1n) is 9.26. The number of hydrogen-bond acceptors (Lipinski definition) is 3. The van der Waals surface area contributed by atoms with E-state index in [1.807, 2.05) is 18.2 Å². The summed E-state index contributed by atoms with van der Waals surface area (Å²) in [5.41, 5.74) is 2.43. The predicted octanol–water partition coefficient (Wildman–Crippen LogP) is 3.53. The van der Waals surface area contributed by atoms with Crippen LogP contribution in [0.2, 0.25) is 0 Å². The van der Waals surface area contributed by atoms with Crippen LogP contribution in [0.4, 0.5) is 0 Å². The van der Waals surface area contributed by atoms with E-state index in [9.17, 15) is 8.42 Å². The standard InChI is InChI=1S/C21H28N2O2S/c1-22(2)26(24,25)21-13-8-11-19(16-21)17-23-14-7-6-12-20(23)15-18-9-4-3-5-10-18/h3-5,8-11,13,16,20H,6-7,12,14-15,17H2,1-2H3. The van der Waals surface area contributed by atoms with Crippen molar-refractivity contribution in [3.05, 3.63) is 65.7 Å². The maximum Gasteiger partial charge on any atom is 0.242 e. The van der Waals surface area contributed by atoms with E-state index < -0.39 is 10.0 Å². The molecule has 3 rings (SSSR count). The van der Waals surface area contributed by atoms with Crippen molar-refractivity contribution in [1.82, 2.24) is 9.21 Å². The normalized spacial score (nSPS) is 19.0. The van der Waals surface area contributed by atoms with Crippen LogP contribution >= 0.6 is 0 Å². The second kappa shape index (κ2) is 8.33. The van der Waals surface area contributed by atoms with Gasteiger partial charge in [-0.05, 0) is 49.1 Å². The van der Waals surface area contributed by atoms with E-state index in [0.29, 0.717) is 10.9 Å². The highest BCUT2D eigenvalue weighted by Gasteiger charge is 2.23. The first-order chi connectivity index (χ1) is 12.5. The number of nitrogens with zero attached hydrogens (tertiary/aromatic N) is 2. The van der Waals surface area contributed by atoms with Crippen molar-refractivity contribution in [3.8, 4) is 0 Å². The smallest absolute Gasteiger partial charge is 0.242 e. The number of rotatable bonds is 6. The van der Waals surface area contributed by atoms with Crippen LogP contribution < -0.4 is 0 Å². The average molecular weight is 373 g/mol.